The van der Waals surface area contributed by atoms with Crippen LogP contribution in [0.1, 0.15) is 36.5 Å². The van der Waals surface area contributed by atoms with E-state index in [-0.39, 0.29) is 23.5 Å². The maximum atomic E-state index is 12.2. The topological polar surface area (TPSA) is 104 Å². The molecule has 0 amide bonds. The largest absolute Gasteiger partial charge is 0.508 e. The van der Waals surface area contributed by atoms with Gasteiger partial charge in [-0.2, -0.15) is 0 Å². The maximum Gasteiger partial charge on any atom is 0.339 e. The first-order valence-corrected chi connectivity index (χ1v) is 6.87. The molecule has 0 aromatic heterocycles. The van der Waals surface area contributed by atoms with Crippen LogP contribution in [0.3, 0.4) is 0 Å². The third kappa shape index (κ3) is 3.12. The van der Waals surface area contributed by atoms with E-state index in [0.29, 0.717) is 12.0 Å². The van der Waals surface area contributed by atoms with Crippen LogP contribution >= 0.6 is 0 Å². The summed E-state index contributed by atoms with van der Waals surface area (Å²) in [5, 5.41) is 29.4. The molecule has 0 bridgehead atoms. The Morgan fingerprint density at radius 2 is 2.14 bits per heavy atom. The molecule has 1 aromatic carbocycles. The quantitative estimate of drug-likeness (QED) is 0.338. The molecule has 0 saturated carbocycles. The molecule has 0 radical (unpaired) electrons. The summed E-state index contributed by atoms with van der Waals surface area (Å²) in [4.78, 5) is 24.2. The van der Waals surface area contributed by atoms with Gasteiger partial charge in [-0.25, -0.2) is 4.79 Å². The number of esters is 1. The molecule has 118 valence electrons. The predicted octanol–water partition coefficient (Wildman–Crippen LogP) is 1.68. The molecule has 1 fully saturated rings. The highest BCUT2D eigenvalue weighted by molar-refractivity contribution is 6.02. The van der Waals surface area contributed by atoms with Gasteiger partial charge in [-0.15, -0.1) is 0 Å². The van der Waals surface area contributed by atoms with Gasteiger partial charge in [0.15, 0.2) is 11.4 Å². The lowest BCUT2D eigenvalue weighted by molar-refractivity contribution is -0.179. The molecule has 6 nitrogen and oxygen atoms in total. The molecule has 22 heavy (non-hydrogen) atoms. The Balaban J connectivity index is 2.16. The molecule has 0 spiro atoms. The summed E-state index contributed by atoms with van der Waals surface area (Å²) in [6.45, 7) is 5.42. The molecule has 2 atom stereocenters. The van der Waals surface area contributed by atoms with Crippen molar-refractivity contribution in [2.75, 3.05) is 0 Å². The van der Waals surface area contributed by atoms with E-state index in [1.807, 2.05) is 0 Å². The van der Waals surface area contributed by atoms with Crippen LogP contribution in [-0.2, 0) is 9.53 Å². The normalized spacial score (nSPS) is 24.6. The van der Waals surface area contributed by atoms with Crippen LogP contribution < -0.4 is 0 Å². The molecule has 1 aromatic rings. The maximum absolute atomic E-state index is 12.2. The number of carbonyl (C=O) groups excluding carboxylic acids is 2. The van der Waals surface area contributed by atoms with Crippen molar-refractivity contribution in [2.24, 2.45) is 0 Å². The molecular formula is C16H18O6. The van der Waals surface area contributed by atoms with E-state index < -0.39 is 29.9 Å². The Bertz CT molecular complexity index is 636. The minimum atomic E-state index is -1.93. The van der Waals surface area contributed by atoms with Crippen LogP contribution in [0.15, 0.2) is 30.4 Å². The number of aliphatic hydroxyl groups is 1. The number of hydrogen-bond donors (Lipinski definition) is 3. The van der Waals surface area contributed by atoms with Crippen LogP contribution in [0.2, 0.25) is 0 Å². The molecule has 1 saturated heterocycles. The Morgan fingerprint density at radius 1 is 1.45 bits per heavy atom. The lowest BCUT2D eigenvalue weighted by atomic mass is 9.85. The summed E-state index contributed by atoms with van der Waals surface area (Å²) in [6.07, 6.45) is -0.547. The highest BCUT2D eigenvalue weighted by Gasteiger charge is 2.45. The first-order valence-electron chi connectivity index (χ1n) is 6.87. The third-order valence-corrected chi connectivity index (χ3v) is 3.73. The van der Waals surface area contributed by atoms with Crippen molar-refractivity contribution < 1.29 is 29.6 Å². The van der Waals surface area contributed by atoms with Gasteiger partial charge in [0.25, 0.3) is 0 Å². The third-order valence-electron chi connectivity index (χ3n) is 3.73. The van der Waals surface area contributed by atoms with E-state index in [4.69, 9.17) is 4.74 Å². The van der Waals surface area contributed by atoms with E-state index in [2.05, 4.69) is 6.58 Å². The highest BCUT2D eigenvalue weighted by atomic mass is 16.6. The number of carbonyl (C=O) groups is 2. The number of aromatic hydroxyl groups is 2. The zero-order valence-corrected chi connectivity index (χ0v) is 12.2. The smallest absolute Gasteiger partial charge is 0.339 e. The van der Waals surface area contributed by atoms with Crippen molar-refractivity contribution in [3.05, 3.63) is 35.9 Å². The molecule has 2 rings (SSSR count). The molecular weight excluding hydrogens is 288 g/mol. The van der Waals surface area contributed by atoms with Crippen molar-refractivity contribution in [3.63, 3.8) is 0 Å². The Labute approximate surface area is 127 Å². The minimum absolute atomic E-state index is 0.0642. The molecule has 1 aliphatic heterocycles. The first-order chi connectivity index (χ1) is 10.2. The van der Waals surface area contributed by atoms with Crippen LogP contribution in [0.5, 0.6) is 11.5 Å². The average molecular weight is 306 g/mol. The lowest BCUT2D eigenvalue weighted by Crippen LogP contribution is -2.48. The second kappa shape index (κ2) is 5.81. The fraction of sp³-hybridized carbons (Fsp3) is 0.375. The van der Waals surface area contributed by atoms with E-state index in [0.717, 1.165) is 6.07 Å². The number of benzene rings is 1. The van der Waals surface area contributed by atoms with E-state index >= 15 is 0 Å². The molecule has 6 heteroatoms. The number of cyclic esters (lactones) is 1. The summed E-state index contributed by atoms with van der Waals surface area (Å²) in [6, 6.07) is 3.49. The van der Waals surface area contributed by atoms with Crippen LogP contribution in [0, 0.1) is 0 Å². The second-order valence-corrected chi connectivity index (χ2v) is 5.61. The Kier molecular flexibility index (Phi) is 4.23. The summed E-state index contributed by atoms with van der Waals surface area (Å²) in [7, 11) is 0. The van der Waals surface area contributed by atoms with Crippen LogP contribution in [0.25, 0.3) is 0 Å². The zero-order chi connectivity index (χ0) is 16.5. The summed E-state index contributed by atoms with van der Waals surface area (Å²) >= 11 is 0. The van der Waals surface area contributed by atoms with Gasteiger partial charge in [-0.1, -0.05) is 6.58 Å². The average Bonchev–Trinajstić information content (AvgIpc) is 2.44. The van der Waals surface area contributed by atoms with Crippen molar-refractivity contribution >= 4 is 11.8 Å². The van der Waals surface area contributed by atoms with Crippen LogP contribution in [-0.4, -0.2) is 38.8 Å². The number of rotatable bonds is 4. The summed E-state index contributed by atoms with van der Waals surface area (Å²) in [5.74, 6) is -2.04. The van der Waals surface area contributed by atoms with Gasteiger partial charge in [0.05, 0.1) is 12.0 Å². The van der Waals surface area contributed by atoms with Gasteiger partial charge in [0.2, 0.25) is 0 Å². The fourth-order valence-electron chi connectivity index (χ4n) is 2.39. The molecule has 1 aliphatic rings. The van der Waals surface area contributed by atoms with E-state index in [1.54, 1.807) is 6.92 Å². The van der Waals surface area contributed by atoms with Crippen molar-refractivity contribution in [1.82, 2.24) is 0 Å². The monoisotopic (exact) mass is 306 g/mol. The van der Waals surface area contributed by atoms with Gasteiger partial charge < -0.3 is 20.1 Å². The zero-order valence-electron chi connectivity index (χ0n) is 12.2. The number of hydrogen-bond acceptors (Lipinski definition) is 6. The van der Waals surface area contributed by atoms with Crippen molar-refractivity contribution in [1.29, 1.82) is 0 Å². The number of ketones is 1. The van der Waals surface area contributed by atoms with E-state index in [1.165, 1.54) is 12.1 Å². The first kappa shape index (κ1) is 16.0. The number of phenols is 2. The van der Waals surface area contributed by atoms with Crippen molar-refractivity contribution in [2.45, 2.75) is 37.9 Å². The molecule has 2 unspecified atom stereocenters. The summed E-state index contributed by atoms with van der Waals surface area (Å²) < 4.78 is 5.10. The number of Topliss-reactive ketones (excluding diaryl/α,β-unsaturated/α-hetero) is 1. The van der Waals surface area contributed by atoms with Gasteiger partial charge in [0.1, 0.15) is 17.6 Å². The fourth-order valence-corrected chi connectivity index (χ4v) is 2.39. The Hall–Kier alpha value is -2.34. The minimum Gasteiger partial charge on any atom is -0.508 e. The highest BCUT2D eigenvalue weighted by Crippen LogP contribution is 2.32. The standard InChI is InChI=1S/C16H18O6/c1-9(2)14-5-6-16(21,15(20)22-14)8-13(19)11-7-10(17)3-4-12(11)18/h3-4,7,14,17-18,21H,1,5-6,8H2,2H3. The SMILES string of the molecule is C=C(C)C1CCC(O)(CC(=O)c2cc(O)ccc2O)C(=O)O1. The van der Waals surface area contributed by atoms with Gasteiger partial charge in [-0.3, -0.25) is 4.79 Å². The van der Waals surface area contributed by atoms with Gasteiger partial charge in [-0.05, 0) is 43.5 Å². The number of ether oxygens (including phenoxy) is 1. The van der Waals surface area contributed by atoms with Gasteiger partial charge in [0, 0.05) is 0 Å². The van der Waals surface area contributed by atoms with Crippen LogP contribution in [0.4, 0.5) is 0 Å². The molecule has 0 aliphatic carbocycles. The molecule has 1 heterocycles. The van der Waals surface area contributed by atoms with Gasteiger partial charge >= 0.3 is 5.97 Å². The van der Waals surface area contributed by atoms with Crippen molar-refractivity contribution in [3.8, 4) is 11.5 Å². The summed E-state index contributed by atoms with van der Waals surface area (Å²) in [5.41, 5.74) is -1.41. The lowest BCUT2D eigenvalue weighted by Gasteiger charge is -2.34. The Morgan fingerprint density at radius 3 is 2.73 bits per heavy atom. The molecule has 3 N–H and O–H groups in total. The predicted molar refractivity (Wildman–Crippen MR) is 77.6 cm³/mol. The number of phenolic OH excluding ortho intramolecular Hbond substituents is 2. The second-order valence-electron chi connectivity index (χ2n) is 5.61. The van der Waals surface area contributed by atoms with E-state index in [9.17, 15) is 24.9 Å².